The highest BCUT2D eigenvalue weighted by atomic mass is 16.6. The van der Waals surface area contributed by atoms with Gasteiger partial charge in [0.2, 0.25) is 0 Å². The SMILES string of the molecule is Cc1noc(-c2cccnc2NCc2cccc3c2OCCO3)n1. The van der Waals surface area contributed by atoms with Crippen LogP contribution < -0.4 is 14.8 Å². The lowest BCUT2D eigenvalue weighted by Crippen LogP contribution is -2.17. The van der Waals surface area contributed by atoms with E-state index in [-0.39, 0.29) is 0 Å². The van der Waals surface area contributed by atoms with Crippen LogP contribution in [0.2, 0.25) is 0 Å². The Labute approximate surface area is 138 Å². The number of nitrogens with one attached hydrogen (secondary N) is 1. The molecule has 0 fully saturated rings. The highest BCUT2D eigenvalue weighted by molar-refractivity contribution is 5.68. The number of anilines is 1. The first-order valence-electron chi connectivity index (χ1n) is 7.68. The van der Waals surface area contributed by atoms with E-state index in [0.717, 1.165) is 22.6 Å². The molecule has 0 radical (unpaired) electrons. The molecule has 1 N–H and O–H groups in total. The van der Waals surface area contributed by atoms with Crippen molar-refractivity contribution in [1.82, 2.24) is 15.1 Å². The summed E-state index contributed by atoms with van der Waals surface area (Å²) in [5.41, 5.74) is 1.77. The maximum Gasteiger partial charge on any atom is 0.261 e. The smallest absolute Gasteiger partial charge is 0.261 e. The molecule has 0 saturated carbocycles. The Bertz CT molecular complexity index is 863. The molecular weight excluding hydrogens is 308 g/mol. The van der Waals surface area contributed by atoms with E-state index in [0.29, 0.717) is 37.3 Å². The fourth-order valence-electron chi connectivity index (χ4n) is 2.58. The summed E-state index contributed by atoms with van der Waals surface area (Å²) in [4.78, 5) is 8.64. The molecule has 4 rings (SSSR count). The Kier molecular flexibility index (Phi) is 3.74. The Morgan fingerprint density at radius 1 is 1.12 bits per heavy atom. The van der Waals surface area contributed by atoms with Crippen molar-refractivity contribution in [1.29, 1.82) is 0 Å². The number of ether oxygens (including phenoxy) is 2. The molecule has 0 spiro atoms. The minimum Gasteiger partial charge on any atom is -0.486 e. The molecule has 122 valence electrons. The summed E-state index contributed by atoms with van der Waals surface area (Å²) in [6.07, 6.45) is 1.72. The summed E-state index contributed by atoms with van der Waals surface area (Å²) in [7, 11) is 0. The largest absolute Gasteiger partial charge is 0.486 e. The van der Waals surface area contributed by atoms with Gasteiger partial charge in [-0.15, -0.1) is 0 Å². The lowest BCUT2D eigenvalue weighted by molar-refractivity contribution is 0.170. The van der Waals surface area contributed by atoms with Crippen molar-refractivity contribution in [3.05, 3.63) is 47.9 Å². The van der Waals surface area contributed by atoms with Crippen molar-refractivity contribution in [2.45, 2.75) is 13.5 Å². The van der Waals surface area contributed by atoms with Gasteiger partial charge in [-0.1, -0.05) is 17.3 Å². The summed E-state index contributed by atoms with van der Waals surface area (Å²) >= 11 is 0. The summed E-state index contributed by atoms with van der Waals surface area (Å²) in [6, 6.07) is 9.58. The average molecular weight is 324 g/mol. The van der Waals surface area contributed by atoms with Crippen molar-refractivity contribution < 1.29 is 14.0 Å². The third-order valence-corrected chi connectivity index (χ3v) is 3.66. The summed E-state index contributed by atoms with van der Waals surface area (Å²) < 4.78 is 16.6. The molecule has 1 aliphatic rings. The molecule has 3 heterocycles. The van der Waals surface area contributed by atoms with E-state index in [1.54, 1.807) is 13.1 Å². The normalized spacial score (nSPS) is 12.9. The lowest BCUT2D eigenvalue weighted by Gasteiger charge is -2.21. The predicted octanol–water partition coefficient (Wildman–Crippen LogP) is 2.82. The van der Waals surface area contributed by atoms with Crippen LogP contribution in [0.25, 0.3) is 11.5 Å². The van der Waals surface area contributed by atoms with Crippen LogP contribution in [0, 0.1) is 6.92 Å². The fourth-order valence-corrected chi connectivity index (χ4v) is 2.58. The summed E-state index contributed by atoms with van der Waals surface area (Å²) in [5, 5.41) is 7.14. The molecule has 2 aromatic heterocycles. The van der Waals surface area contributed by atoms with Gasteiger partial charge in [0, 0.05) is 18.3 Å². The number of aryl methyl sites for hydroxylation is 1. The van der Waals surface area contributed by atoms with Gasteiger partial charge >= 0.3 is 0 Å². The molecule has 0 bridgehead atoms. The van der Waals surface area contributed by atoms with Crippen LogP contribution in [0.4, 0.5) is 5.82 Å². The van der Waals surface area contributed by atoms with E-state index < -0.39 is 0 Å². The molecule has 7 nitrogen and oxygen atoms in total. The van der Waals surface area contributed by atoms with Gasteiger partial charge < -0.3 is 19.3 Å². The number of hydrogen-bond acceptors (Lipinski definition) is 7. The molecule has 0 saturated heterocycles. The van der Waals surface area contributed by atoms with E-state index >= 15 is 0 Å². The van der Waals surface area contributed by atoms with E-state index in [1.165, 1.54) is 0 Å². The van der Waals surface area contributed by atoms with Crippen LogP contribution in [0.3, 0.4) is 0 Å². The molecule has 7 heteroatoms. The Morgan fingerprint density at radius 3 is 2.92 bits per heavy atom. The van der Waals surface area contributed by atoms with Crippen molar-refractivity contribution in [3.63, 3.8) is 0 Å². The number of fused-ring (bicyclic) bond motifs is 1. The molecule has 0 unspecified atom stereocenters. The van der Waals surface area contributed by atoms with Crippen molar-refractivity contribution >= 4 is 5.82 Å². The number of benzene rings is 1. The second-order valence-corrected chi connectivity index (χ2v) is 5.34. The number of nitrogens with zero attached hydrogens (tertiary/aromatic N) is 3. The Morgan fingerprint density at radius 2 is 2.04 bits per heavy atom. The third kappa shape index (κ3) is 2.76. The lowest BCUT2D eigenvalue weighted by atomic mass is 10.1. The van der Waals surface area contributed by atoms with Gasteiger partial charge in [0.25, 0.3) is 5.89 Å². The third-order valence-electron chi connectivity index (χ3n) is 3.66. The fraction of sp³-hybridized carbons (Fsp3) is 0.235. The van der Waals surface area contributed by atoms with Crippen LogP contribution in [0.1, 0.15) is 11.4 Å². The first-order chi connectivity index (χ1) is 11.8. The molecular formula is C17H16N4O3. The van der Waals surface area contributed by atoms with Gasteiger partial charge in [0.05, 0.1) is 5.56 Å². The van der Waals surface area contributed by atoms with Crippen molar-refractivity contribution in [2.75, 3.05) is 18.5 Å². The zero-order chi connectivity index (χ0) is 16.4. The first kappa shape index (κ1) is 14.5. The van der Waals surface area contributed by atoms with E-state index in [2.05, 4.69) is 20.4 Å². The summed E-state index contributed by atoms with van der Waals surface area (Å²) in [6.45, 7) is 3.46. The van der Waals surface area contributed by atoms with Crippen LogP contribution in [-0.2, 0) is 6.54 Å². The van der Waals surface area contributed by atoms with Crippen LogP contribution in [-0.4, -0.2) is 28.3 Å². The Balaban J connectivity index is 1.59. The van der Waals surface area contributed by atoms with Gasteiger partial charge in [-0.3, -0.25) is 0 Å². The number of hydrogen-bond donors (Lipinski definition) is 1. The van der Waals surface area contributed by atoms with Gasteiger partial charge in [-0.2, -0.15) is 4.98 Å². The minimum atomic E-state index is 0.442. The van der Waals surface area contributed by atoms with Gasteiger partial charge in [-0.05, 0) is 25.1 Å². The topological polar surface area (TPSA) is 82.3 Å². The van der Waals surface area contributed by atoms with Gasteiger partial charge in [-0.25, -0.2) is 4.98 Å². The maximum absolute atomic E-state index is 5.73. The van der Waals surface area contributed by atoms with Crippen LogP contribution in [0.15, 0.2) is 41.1 Å². The molecule has 0 amide bonds. The highest BCUT2D eigenvalue weighted by Gasteiger charge is 2.17. The zero-order valence-electron chi connectivity index (χ0n) is 13.2. The van der Waals surface area contributed by atoms with Crippen LogP contribution in [0.5, 0.6) is 11.5 Å². The Hall–Kier alpha value is -3.09. The summed E-state index contributed by atoms with van der Waals surface area (Å²) in [5.74, 6) is 3.26. The predicted molar refractivity (Wildman–Crippen MR) is 87.0 cm³/mol. The van der Waals surface area contributed by atoms with E-state index in [4.69, 9.17) is 14.0 Å². The number of aromatic nitrogens is 3. The van der Waals surface area contributed by atoms with Gasteiger partial charge in [0.15, 0.2) is 17.3 Å². The van der Waals surface area contributed by atoms with Crippen molar-refractivity contribution in [3.8, 4) is 23.0 Å². The quantitative estimate of drug-likeness (QED) is 0.790. The second kappa shape index (κ2) is 6.19. The number of pyridine rings is 1. The molecule has 0 atom stereocenters. The monoisotopic (exact) mass is 324 g/mol. The molecule has 0 aliphatic carbocycles. The molecule has 1 aliphatic heterocycles. The van der Waals surface area contributed by atoms with Gasteiger partial charge in [0.1, 0.15) is 19.0 Å². The second-order valence-electron chi connectivity index (χ2n) is 5.34. The molecule has 3 aromatic rings. The number of rotatable bonds is 4. The number of para-hydroxylation sites is 1. The van der Waals surface area contributed by atoms with E-state index in [1.807, 2.05) is 30.3 Å². The average Bonchev–Trinajstić information content (AvgIpc) is 3.06. The maximum atomic E-state index is 5.73. The minimum absolute atomic E-state index is 0.442. The highest BCUT2D eigenvalue weighted by Crippen LogP contribution is 2.34. The van der Waals surface area contributed by atoms with Crippen LogP contribution >= 0.6 is 0 Å². The zero-order valence-corrected chi connectivity index (χ0v) is 13.2. The molecule has 1 aromatic carbocycles. The van der Waals surface area contributed by atoms with E-state index in [9.17, 15) is 0 Å². The van der Waals surface area contributed by atoms with Crippen molar-refractivity contribution in [2.24, 2.45) is 0 Å². The first-order valence-corrected chi connectivity index (χ1v) is 7.68. The standard InChI is InChI=1S/C17H16N4O3/c1-11-20-17(24-21-11)13-5-3-7-18-16(13)19-10-12-4-2-6-14-15(12)23-9-8-22-14/h2-7H,8-10H2,1H3,(H,18,19). The molecule has 24 heavy (non-hydrogen) atoms.